The predicted octanol–water partition coefficient (Wildman–Crippen LogP) is 5.30. The summed E-state index contributed by atoms with van der Waals surface area (Å²) in [6, 6.07) is 28.1. The molecule has 1 aliphatic rings. The van der Waals surface area contributed by atoms with Crippen LogP contribution < -0.4 is 4.74 Å². The van der Waals surface area contributed by atoms with Crippen molar-refractivity contribution < 1.29 is 4.74 Å². The maximum Gasteiger partial charge on any atom is 0.123 e. The van der Waals surface area contributed by atoms with Crippen LogP contribution in [0, 0.1) is 6.92 Å². The van der Waals surface area contributed by atoms with Crippen molar-refractivity contribution in [3.63, 3.8) is 0 Å². The van der Waals surface area contributed by atoms with Gasteiger partial charge < -0.3 is 4.74 Å². The van der Waals surface area contributed by atoms with E-state index in [4.69, 9.17) is 4.74 Å². The van der Waals surface area contributed by atoms with Gasteiger partial charge in [-0.15, -0.1) is 0 Å². The number of hydrogen-bond donors (Lipinski definition) is 0. The third kappa shape index (κ3) is 2.63. The summed E-state index contributed by atoms with van der Waals surface area (Å²) in [6.07, 6.45) is 0. The van der Waals surface area contributed by atoms with Crippen LogP contribution in [0.3, 0.4) is 0 Å². The van der Waals surface area contributed by atoms with Gasteiger partial charge in [-0.1, -0.05) is 78.4 Å². The zero-order chi connectivity index (χ0) is 15.6. The van der Waals surface area contributed by atoms with Crippen LogP contribution >= 0.6 is 0 Å². The fraction of sp³-hybridized carbons (Fsp3) is 0.182. The lowest BCUT2D eigenvalue weighted by Crippen LogP contribution is -2.25. The second kappa shape index (κ2) is 5.92. The van der Waals surface area contributed by atoms with Crippen LogP contribution in [-0.2, 0) is 0 Å². The Labute approximate surface area is 137 Å². The van der Waals surface area contributed by atoms with Crippen molar-refractivity contribution in [3.05, 3.63) is 101 Å². The Morgan fingerprint density at radius 2 is 1.43 bits per heavy atom. The highest BCUT2D eigenvalue weighted by Gasteiger charge is 2.33. The molecule has 1 nitrogen and oxygen atoms in total. The highest BCUT2D eigenvalue weighted by atomic mass is 16.5. The summed E-state index contributed by atoms with van der Waals surface area (Å²) < 4.78 is 6.10. The summed E-state index contributed by atoms with van der Waals surface area (Å²) in [7, 11) is 0. The fourth-order valence-electron chi connectivity index (χ4n) is 3.60. The van der Waals surface area contributed by atoms with E-state index in [0.29, 0.717) is 11.8 Å². The van der Waals surface area contributed by atoms with E-state index in [-0.39, 0.29) is 0 Å². The van der Waals surface area contributed by atoms with Crippen molar-refractivity contribution in [2.75, 3.05) is 6.61 Å². The molecule has 0 saturated carbocycles. The zero-order valence-corrected chi connectivity index (χ0v) is 13.3. The average Bonchev–Trinajstić information content (AvgIpc) is 2.62. The smallest absolute Gasteiger partial charge is 0.123 e. The molecule has 1 heteroatoms. The SMILES string of the molecule is Cc1ccc2c(c1)[C@H](c1ccccc1)[C@@H](c1ccccc1)CO2. The normalized spacial score (nSPS) is 19.7. The van der Waals surface area contributed by atoms with Crippen LogP contribution in [0.25, 0.3) is 0 Å². The van der Waals surface area contributed by atoms with Gasteiger partial charge in [0.15, 0.2) is 0 Å². The molecule has 23 heavy (non-hydrogen) atoms. The predicted molar refractivity (Wildman–Crippen MR) is 94.1 cm³/mol. The number of rotatable bonds is 2. The molecule has 0 fully saturated rings. The summed E-state index contributed by atoms with van der Waals surface area (Å²) in [6.45, 7) is 2.87. The van der Waals surface area contributed by atoms with Gasteiger partial charge in [0.1, 0.15) is 5.75 Å². The lowest BCUT2D eigenvalue weighted by atomic mass is 9.75. The Bertz CT molecular complexity index is 793. The third-order valence-corrected chi connectivity index (χ3v) is 4.71. The van der Waals surface area contributed by atoms with Crippen molar-refractivity contribution in [2.24, 2.45) is 0 Å². The first-order valence-electron chi connectivity index (χ1n) is 8.16. The highest BCUT2D eigenvalue weighted by molar-refractivity contribution is 5.49. The van der Waals surface area contributed by atoms with E-state index < -0.39 is 0 Å². The second-order valence-electron chi connectivity index (χ2n) is 6.26. The topological polar surface area (TPSA) is 9.23 Å². The molecule has 0 N–H and O–H groups in total. The molecule has 0 aromatic heterocycles. The Morgan fingerprint density at radius 3 is 2.13 bits per heavy atom. The van der Waals surface area contributed by atoms with Crippen molar-refractivity contribution in [2.45, 2.75) is 18.8 Å². The Kier molecular flexibility index (Phi) is 3.63. The highest BCUT2D eigenvalue weighted by Crippen LogP contribution is 2.46. The molecule has 3 aromatic carbocycles. The standard InChI is InChI=1S/C22H20O/c1-16-12-13-21-19(14-16)22(18-10-6-3-7-11-18)20(15-23-21)17-8-4-2-5-9-17/h2-14,20,22H,15H2,1H3/t20-,22+/m1/s1. The first-order valence-corrected chi connectivity index (χ1v) is 8.16. The summed E-state index contributed by atoms with van der Waals surface area (Å²) in [5.41, 5.74) is 5.28. The minimum Gasteiger partial charge on any atom is -0.493 e. The number of aryl methyl sites for hydroxylation is 1. The molecular weight excluding hydrogens is 280 g/mol. The van der Waals surface area contributed by atoms with Crippen LogP contribution in [0.2, 0.25) is 0 Å². The molecule has 0 amide bonds. The lowest BCUT2D eigenvalue weighted by Gasteiger charge is -2.34. The van der Waals surface area contributed by atoms with Crippen LogP contribution in [-0.4, -0.2) is 6.61 Å². The molecule has 2 atom stereocenters. The molecule has 114 valence electrons. The molecule has 0 aliphatic carbocycles. The van der Waals surface area contributed by atoms with Gasteiger partial charge in [0.25, 0.3) is 0 Å². The molecular formula is C22H20O. The maximum atomic E-state index is 6.10. The van der Waals surface area contributed by atoms with E-state index >= 15 is 0 Å². The molecule has 1 heterocycles. The Morgan fingerprint density at radius 1 is 0.783 bits per heavy atom. The minimum atomic E-state index is 0.335. The number of ether oxygens (including phenoxy) is 1. The van der Waals surface area contributed by atoms with Gasteiger partial charge in [-0.25, -0.2) is 0 Å². The molecule has 0 spiro atoms. The van der Waals surface area contributed by atoms with Crippen molar-refractivity contribution in [3.8, 4) is 5.75 Å². The van der Waals surface area contributed by atoms with Crippen molar-refractivity contribution in [1.82, 2.24) is 0 Å². The first kappa shape index (κ1) is 14.1. The number of fused-ring (bicyclic) bond motifs is 1. The molecule has 1 aliphatic heterocycles. The molecule has 0 unspecified atom stereocenters. The van der Waals surface area contributed by atoms with Gasteiger partial charge in [-0.05, 0) is 24.1 Å². The van der Waals surface area contributed by atoms with Crippen LogP contribution in [0.1, 0.15) is 34.1 Å². The monoisotopic (exact) mass is 300 g/mol. The summed E-state index contributed by atoms with van der Waals surface area (Å²) in [5, 5.41) is 0. The van der Waals surface area contributed by atoms with Crippen molar-refractivity contribution >= 4 is 0 Å². The Hall–Kier alpha value is -2.54. The van der Waals surface area contributed by atoms with Gasteiger partial charge in [-0.3, -0.25) is 0 Å². The van der Waals surface area contributed by atoms with Gasteiger partial charge in [0.2, 0.25) is 0 Å². The summed E-state index contributed by atoms with van der Waals surface area (Å²) in [5.74, 6) is 1.70. The fourth-order valence-corrected chi connectivity index (χ4v) is 3.60. The first-order chi connectivity index (χ1) is 11.3. The molecule has 3 aromatic rings. The van der Waals surface area contributed by atoms with E-state index in [1.54, 1.807) is 0 Å². The largest absolute Gasteiger partial charge is 0.493 e. The lowest BCUT2D eigenvalue weighted by molar-refractivity contribution is 0.249. The van der Waals surface area contributed by atoms with Crippen LogP contribution in [0.15, 0.2) is 78.9 Å². The average molecular weight is 300 g/mol. The summed E-state index contributed by atoms with van der Waals surface area (Å²) in [4.78, 5) is 0. The number of hydrogen-bond acceptors (Lipinski definition) is 1. The van der Waals surface area contributed by atoms with Gasteiger partial charge in [0.05, 0.1) is 6.61 Å². The molecule has 4 rings (SSSR count). The molecule has 0 radical (unpaired) electrons. The van der Waals surface area contributed by atoms with E-state index in [2.05, 4.69) is 85.8 Å². The zero-order valence-electron chi connectivity index (χ0n) is 13.3. The third-order valence-electron chi connectivity index (χ3n) is 4.71. The minimum absolute atomic E-state index is 0.335. The molecule has 0 bridgehead atoms. The van der Waals surface area contributed by atoms with E-state index in [1.807, 2.05) is 0 Å². The van der Waals surface area contributed by atoms with Gasteiger partial charge in [-0.2, -0.15) is 0 Å². The van der Waals surface area contributed by atoms with E-state index in [0.717, 1.165) is 12.4 Å². The number of benzene rings is 3. The molecule has 0 saturated heterocycles. The van der Waals surface area contributed by atoms with E-state index in [1.165, 1.54) is 22.3 Å². The maximum absolute atomic E-state index is 6.10. The quantitative estimate of drug-likeness (QED) is 0.623. The van der Waals surface area contributed by atoms with E-state index in [9.17, 15) is 0 Å². The van der Waals surface area contributed by atoms with Crippen LogP contribution in [0.4, 0.5) is 0 Å². The summed E-state index contributed by atoms with van der Waals surface area (Å²) >= 11 is 0. The second-order valence-corrected chi connectivity index (χ2v) is 6.26. The van der Waals surface area contributed by atoms with Gasteiger partial charge in [0, 0.05) is 17.4 Å². The van der Waals surface area contributed by atoms with Crippen LogP contribution in [0.5, 0.6) is 5.75 Å². The van der Waals surface area contributed by atoms with Gasteiger partial charge >= 0.3 is 0 Å². The van der Waals surface area contributed by atoms with Crippen molar-refractivity contribution in [1.29, 1.82) is 0 Å². The Balaban J connectivity index is 1.88.